The maximum absolute atomic E-state index is 12.8. The van der Waals surface area contributed by atoms with Crippen molar-refractivity contribution >= 4 is 17.2 Å². The van der Waals surface area contributed by atoms with Crippen molar-refractivity contribution < 1.29 is 9.53 Å². The highest BCUT2D eigenvalue weighted by Gasteiger charge is 2.19. The van der Waals surface area contributed by atoms with Crippen LogP contribution in [-0.2, 0) is 6.42 Å². The van der Waals surface area contributed by atoms with Crippen molar-refractivity contribution in [2.75, 3.05) is 12.4 Å². The van der Waals surface area contributed by atoms with Crippen LogP contribution in [0.4, 0.5) is 5.69 Å². The summed E-state index contributed by atoms with van der Waals surface area (Å²) in [5, 5.41) is 2.93. The summed E-state index contributed by atoms with van der Waals surface area (Å²) >= 11 is 0. The molecule has 3 rings (SSSR count). The highest BCUT2D eigenvalue weighted by atomic mass is 16.5. The summed E-state index contributed by atoms with van der Waals surface area (Å²) in [6.07, 6.45) is 3.55. The molecule has 5 heteroatoms. The number of imidazole rings is 1. The van der Waals surface area contributed by atoms with Crippen molar-refractivity contribution in [2.24, 2.45) is 0 Å². The normalized spacial score (nSPS) is 10.7. The lowest BCUT2D eigenvalue weighted by Gasteiger charge is -2.10. The number of carbonyl (C=O) groups excluding carboxylic acids is 1. The number of fused-ring (bicyclic) bond motifs is 1. The van der Waals surface area contributed by atoms with Gasteiger partial charge in [0.25, 0.3) is 5.91 Å². The van der Waals surface area contributed by atoms with Gasteiger partial charge in [0, 0.05) is 6.20 Å². The summed E-state index contributed by atoms with van der Waals surface area (Å²) in [4.78, 5) is 17.4. The molecule has 0 atom stereocenters. The molecule has 1 amide bonds. The third-order valence-electron chi connectivity index (χ3n) is 3.66. The Morgan fingerprint density at radius 2 is 2.00 bits per heavy atom. The van der Waals surface area contributed by atoms with Gasteiger partial charge in [-0.15, -0.1) is 0 Å². The quantitative estimate of drug-likeness (QED) is 0.784. The number of carbonyl (C=O) groups is 1. The molecule has 0 saturated carbocycles. The van der Waals surface area contributed by atoms with Crippen LogP contribution in [0.5, 0.6) is 5.75 Å². The van der Waals surface area contributed by atoms with Crippen LogP contribution >= 0.6 is 0 Å². The standard InChI is InChI=1S/C18H19N3O2/c1-3-8-14-17(21-12-7-6-11-16(21)19-14)18(22)20-13-9-4-5-10-15(13)23-2/h4-7,9-12H,3,8H2,1-2H3,(H,20,22). The second kappa shape index (κ2) is 6.52. The number of hydrogen-bond donors (Lipinski definition) is 1. The van der Waals surface area contributed by atoms with E-state index in [2.05, 4.69) is 17.2 Å². The number of hydrogen-bond acceptors (Lipinski definition) is 3. The monoisotopic (exact) mass is 309 g/mol. The van der Waals surface area contributed by atoms with Crippen molar-refractivity contribution in [3.63, 3.8) is 0 Å². The van der Waals surface area contributed by atoms with E-state index < -0.39 is 0 Å². The number of rotatable bonds is 5. The molecule has 3 aromatic rings. The first kappa shape index (κ1) is 15.1. The Morgan fingerprint density at radius 1 is 1.22 bits per heavy atom. The minimum Gasteiger partial charge on any atom is -0.495 e. The van der Waals surface area contributed by atoms with E-state index in [1.807, 2.05) is 53.1 Å². The van der Waals surface area contributed by atoms with Crippen LogP contribution in [-0.4, -0.2) is 22.4 Å². The molecule has 5 nitrogen and oxygen atoms in total. The number of ether oxygens (including phenoxy) is 1. The average molecular weight is 309 g/mol. The lowest BCUT2D eigenvalue weighted by atomic mass is 10.2. The molecule has 2 aromatic heterocycles. The molecule has 1 aromatic carbocycles. The zero-order valence-electron chi connectivity index (χ0n) is 13.2. The number of nitrogens with one attached hydrogen (secondary N) is 1. The van der Waals surface area contributed by atoms with Gasteiger partial charge in [-0.25, -0.2) is 4.98 Å². The number of amides is 1. The molecular weight excluding hydrogens is 290 g/mol. The van der Waals surface area contributed by atoms with Gasteiger partial charge in [-0.2, -0.15) is 0 Å². The first-order chi connectivity index (χ1) is 11.2. The van der Waals surface area contributed by atoms with Crippen LogP contribution < -0.4 is 10.1 Å². The zero-order valence-corrected chi connectivity index (χ0v) is 13.2. The highest BCUT2D eigenvalue weighted by molar-refractivity contribution is 6.05. The van der Waals surface area contributed by atoms with Gasteiger partial charge in [0.2, 0.25) is 0 Å². The SMILES string of the molecule is CCCc1nc2ccccn2c1C(=O)Nc1ccccc1OC. The Labute approximate surface area is 134 Å². The number of para-hydroxylation sites is 2. The molecule has 0 unspecified atom stereocenters. The van der Waals surface area contributed by atoms with Gasteiger partial charge in [0.15, 0.2) is 0 Å². The van der Waals surface area contributed by atoms with E-state index >= 15 is 0 Å². The maximum atomic E-state index is 12.8. The Hall–Kier alpha value is -2.82. The summed E-state index contributed by atoms with van der Waals surface area (Å²) in [5.74, 6) is 0.448. The van der Waals surface area contributed by atoms with Gasteiger partial charge >= 0.3 is 0 Å². The number of benzene rings is 1. The van der Waals surface area contributed by atoms with Gasteiger partial charge in [-0.1, -0.05) is 31.5 Å². The predicted octanol–water partition coefficient (Wildman–Crippen LogP) is 3.55. The van der Waals surface area contributed by atoms with Crippen LogP contribution in [0.2, 0.25) is 0 Å². The van der Waals surface area contributed by atoms with E-state index in [-0.39, 0.29) is 5.91 Å². The van der Waals surface area contributed by atoms with E-state index in [0.717, 1.165) is 24.2 Å². The lowest BCUT2D eigenvalue weighted by Crippen LogP contribution is -2.17. The smallest absolute Gasteiger partial charge is 0.274 e. The van der Waals surface area contributed by atoms with Crippen molar-refractivity contribution in [3.05, 3.63) is 60.0 Å². The summed E-state index contributed by atoms with van der Waals surface area (Å²) in [7, 11) is 1.59. The molecule has 0 fully saturated rings. The molecule has 0 aliphatic carbocycles. The van der Waals surface area contributed by atoms with E-state index in [1.54, 1.807) is 7.11 Å². The van der Waals surface area contributed by atoms with E-state index in [1.165, 1.54) is 0 Å². The van der Waals surface area contributed by atoms with Crippen LogP contribution in [0.15, 0.2) is 48.7 Å². The zero-order chi connectivity index (χ0) is 16.2. The number of nitrogens with zero attached hydrogens (tertiary/aromatic N) is 2. The van der Waals surface area contributed by atoms with Crippen molar-refractivity contribution in [2.45, 2.75) is 19.8 Å². The van der Waals surface area contributed by atoms with Gasteiger partial charge in [-0.05, 0) is 30.7 Å². The molecule has 2 heterocycles. The maximum Gasteiger partial charge on any atom is 0.274 e. The topological polar surface area (TPSA) is 55.6 Å². The molecule has 23 heavy (non-hydrogen) atoms. The molecule has 1 N–H and O–H groups in total. The molecule has 118 valence electrons. The second-order valence-corrected chi connectivity index (χ2v) is 5.24. The van der Waals surface area contributed by atoms with Gasteiger partial charge < -0.3 is 10.1 Å². The molecule has 0 saturated heterocycles. The van der Waals surface area contributed by atoms with Gasteiger partial charge in [-0.3, -0.25) is 9.20 Å². The van der Waals surface area contributed by atoms with Crippen LogP contribution in [0.25, 0.3) is 5.65 Å². The molecule has 0 aliphatic heterocycles. The molecule has 0 bridgehead atoms. The van der Waals surface area contributed by atoms with Gasteiger partial charge in [0.05, 0.1) is 18.5 Å². The number of anilines is 1. The predicted molar refractivity (Wildman–Crippen MR) is 90.1 cm³/mol. The molecule has 0 radical (unpaired) electrons. The fraction of sp³-hybridized carbons (Fsp3) is 0.222. The number of pyridine rings is 1. The largest absolute Gasteiger partial charge is 0.495 e. The first-order valence-corrected chi connectivity index (χ1v) is 7.65. The molecular formula is C18H19N3O2. The first-order valence-electron chi connectivity index (χ1n) is 7.65. The Bertz CT molecular complexity index is 839. The molecule has 0 aliphatic rings. The Kier molecular flexibility index (Phi) is 4.28. The third kappa shape index (κ3) is 2.90. The van der Waals surface area contributed by atoms with Gasteiger partial charge in [0.1, 0.15) is 17.1 Å². The highest BCUT2D eigenvalue weighted by Crippen LogP contribution is 2.24. The summed E-state index contributed by atoms with van der Waals surface area (Å²) in [6, 6.07) is 13.1. The number of methoxy groups -OCH3 is 1. The van der Waals surface area contributed by atoms with Crippen LogP contribution in [0, 0.1) is 0 Å². The van der Waals surface area contributed by atoms with E-state index in [4.69, 9.17) is 4.74 Å². The fourth-order valence-corrected chi connectivity index (χ4v) is 2.63. The summed E-state index contributed by atoms with van der Waals surface area (Å²) < 4.78 is 7.12. The number of aryl methyl sites for hydroxylation is 1. The van der Waals surface area contributed by atoms with E-state index in [9.17, 15) is 4.79 Å². The Morgan fingerprint density at radius 3 is 2.78 bits per heavy atom. The summed E-state index contributed by atoms with van der Waals surface area (Å²) in [6.45, 7) is 2.08. The average Bonchev–Trinajstić information content (AvgIpc) is 2.93. The number of aromatic nitrogens is 2. The van der Waals surface area contributed by atoms with Crippen molar-refractivity contribution in [1.82, 2.24) is 9.38 Å². The van der Waals surface area contributed by atoms with Crippen molar-refractivity contribution in [3.8, 4) is 5.75 Å². The van der Waals surface area contributed by atoms with Crippen LogP contribution in [0.1, 0.15) is 29.5 Å². The summed E-state index contributed by atoms with van der Waals surface area (Å²) in [5.41, 5.74) is 2.81. The van der Waals surface area contributed by atoms with Crippen molar-refractivity contribution in [1.29, 1.82) is 0 Å². The Balaban J connectivity index is 2.01. The van der Waals surface area contributed by atoms with Crippen LogP contribution in [0.3, 0.4) is 0 Å². The fourth-order valence-electron chi connectivity index (χ4n) is 2.63. The van der Waals surface area contributed by atoms with E-state index in [0.29, 0.717) is 17.1 Å². The molecule has 0 spiro atoms. The minimum atomic E-state index is -0.184. The second-order valence-electron chi connectivity index (χ2n) is 5.24. The lowest BCUT2D eigenvalue weighted by molar-refractivity contribution is 0.102. The third-order valence-corrected chi connectivity index (χ3v) is 3.66. The minimum absolute atomic E-state index is 0.184.